The van der Waals surface area contributed by atoms with Crippen molar-refractivity contribution in [3.8, 4) is 27.7 Å². The van der Waals surface area contributed by atoms with Gasteiger partial charge in [0, 0.05) is 23.9 Å². The average molecular weight is 502 g/mol. The van der Waals surface area contributed by atoms with Crippen LogP contribution in [0.15, 0.2) is 71.9 Å². The number of aromatic nitrogens is 4. The van der Waals surface area contributed by atoms with Gasteiger partial charge in [-0.05, 0) is 61.0 Å². The first kappa shape index (κ1) is 23.1. The number of carbonyl (C=O) groups is 1. The Labute approximate surface area is 211 Å². The fourth-order valence-electron chi connectivity index (χ4n) is 3.63. The molecule has 0 aliphatic carbocycles. The van der Waals surface area contributed by atoms with Crippen LogP contribution < -0.4 is 10.1 Å². The molecule has 0 bridgehead atoms. The fraction of sp³-hybridized carbons (Fsp3) is 0.154. The van der Waals surface area contributed by atoms with Crippen molar-refractivity contribution in [1.82, 2.24) is 19.7 Å². The zero-order valence-electron chi connectivity index (χ0n) is 19.5. The van der Waals surface area contributed by atoms with Crippen LogP contribution in [0.5, 0.6) is 5.75 Å². The number of amides is 1. The number of fused-ring (bicyclic) bond motifs is 1. The molecule has 5 rings (SSSR count). The Kier molecular flexibility index (Phi) is 6.52. The van der Waals surface area contributed by atoms with E-state index in [0.717, 1.165) is 33.1 Å². The van der Waals surface area contributed by atoms with E-state index in [9.17, 15) is 4.79 Å². The highest BCUT2D eigenvalue weighted by Crippen LogP contribution is 2.31. The van der Waals surface area contributed by atoms with E-state index in [1.807, 2.05) is 66.2 Å². The third-order valence-electron chi connectivity index (χ3n) is 5.45. The highest BCUT2D eigenvalue weighted by atomic mass is 32.2. The molecule has 0 saturated heterocycles. The lowest BCUT2D eigenvalue weighted by atomic mass is 10.2. The topological polar surface area (TPSA) is 81.9 Å². The van der Waals surface area contributed by atoms with Gasteiger partial charge in [-0.15, -0.1) is 21.5 Å². The van der Waals surface area contributed by atoms with Crippen molar-refractivity contribution >= 4 is 44.9 Å². The molecule has 0 fully saturated rings. The second kappa shape index (κ2) is 9.89. The van der Waals surface area contributed by atoms with E-state index in [4.69, 9.17) is 9.72 Å². The van der Waals surface area contributed by atoms with Crippen molar-refractivity contribution < 1.29 is 9.53 Å². The molecule has 0 saturated carbocycles. The number of methoxy groups -OCH3 is 1. The number of benzene rings is 3. The number of anilines is 1. The maximum atomic E-state index is 12.5. The Morgan fingerprint density at radius 3 is 2.69 bits per heavy atom. The summed E-state index contributed by atoms with van der Waals surface area (Å²) in [4.78, 5) is 17.3. The molecule has 0 radical (unpaired) electrons. The molecular formula is C26H23N5O2S2. The second-order valence-electron chi connectivity index (χ2n) is 8.00. The third kappa shape index (κ3) is 5.06. The van der Waals surface area contributed by atoms with Gasteiger partial charge in [-0.25, -0.2) is 4.98 Å². The van der Waals surface area contributed by atoms with E-state index in [0.29, 0.717) is 11.0 Å². The lowest BCUT2D eigenvalue weighted by Gasteiger charge is -2.07. The van der Waals surface area contributed by atoms with E-state index in [1.54, 1.807) is 18.4 Å². The van der Waals surface area contributed by atoms with Crippen molar-refractivity contribution in [3.05, 3.63) is 72.3 Å². The number of thiazole rings is 1. The van der Waals surface area contributed by atoms with Gasteiger partial charge in [-0.2, -0.15) is 0 Å². The molecule has 35 heavy (non-hydrogen) atoms. The SMILES string of the molecule is COc1cccc(-c2nnc(SCC(=O)Nc3ccc(-c4nc5ccc(C)cc5s4)cc3)n2C)c1. The van der Waals surface area contributed by atoms with E-state index in [2.05, 4.69) is 34.6 Å². The number of hydrogen-bond acceptors (Lipinski definition) is 7. The van der Waals surface area contributed by atoms with Gasteiger partial charge < -0.3 is 14.6 Å². The van der Waals surface area contributed by atoms with Gasteiger partial charge in [0.05, 0.1) is 23.1 Å². The van der Waals surface area contributed by atoms with Crippen LogP contribution in [0.2, 0.25) is 0 Å². The smallest absolute Gasteiger partial charge is 0.234 e. The van der Waals surface area contributed by atoms with Crippen molar-refractivity contribution in [3.63, 3.8) is 0 Å². The van der Waals surface area contributed by atoms with Crippen LogP contribution in [0.4, 0.5) is 5.69 Å². The first-order valence-electron chi connectivity index (χ1n) is 10.9. The van der Waals surface area contributed by atoms with Gasteiger partial charge in [0.25, 0.3) is 0 Å². The molecule has 0 spiro atoms. The maximum absolute atomic E-state index is 12.5. The maximum Gasteiger partial charge on any atom is 0.234 e. The Balaban J connectivity index is 1.21. The van der Waals surface area contributed by atoms with Gasteiger partial charge in [0.2, 0.25) is 5.91 Å². The van der Waals surface area contributed by atoms with Crippen LogP contribution in [0.3, 0.4) is 0 Å². The number of ether oxygens (including phenoxy) is 1. The number of thioether (sulfide) groups is 1. The number of hydrogen-bond donors (Lipinski definition) is 1. The zero-order valence-corrected chi connectivity index (χ0v) is 21.1. The molecule has 2 aromatic heterocycles. The van der Waals surface area contributed by atoms with Crippen LogP contribution in [-0.4, -0.2) is 38.5 Å². The molecule has 9 heteroatoms. The monoisotopic (exact) mass is 501 g/mol. The van der Waals surface area contributed by atoms with E-state index >= 15 is 0 Å². The van der Waals surface area contributed by atoms with Crippen molar-refractivity contribution in [2.24, 2.45) is 7.05 Å². The van der Waals surface area contributed by atoms with Gasteiger partial charge in [0.15, 0.2) is 11.0 Å². The van der Waals surface area contributed by atoms with Gasteiger partial charge in [0.1, 0.15) is 10.8 Å². The Hall–Kier alpha value is -3.69. The van der Waals surface area contributed by atoms with Crippen LogP contribution in [0.25, 0.3) is 32.2 Å². The van der Waals surface area contributed by atoms with E-state index < -0.39 is 0 Å². The summed E-state index contributed by atoms with van der Waals surface area (Å²) >= 11 is 3.01. The minimum Gasteiger partial charge on any atom is -0.497 e. The molecule has 1 amide bonds. The van der Waals surface area contributed by atoms with Crippen molar-refractivity contribution in [2.45, 2.75) is 12.1 Å². The summed E-state index contributed by atoms with van der Waals surface area (Å²) in [5, 5.41) is 13.1. The Morgan fingerprint density at radius 2 is 1.89 bits per heavy atom. The Morgan fingerprint density at radius 1 is 1.06 bits per heavy atom. The molecule has 1 N–H and O–H groups in total. The molecule has 7 nitrogen and oxygen atoms in total. The molecule has 5 aromatic rings. The van der Waals surface area contributed by atoms with Crippen molar-refractivity contribution in [2.75, 3.05) is 18.2 Å². The standard InChI is InChI=1S/C26H23N5O2S2/c1-16-7-12-21-22(13-16)35-25(28-21)17-8-10-19(11-9-17)27-23(32)15-34-26-30-29-24(31(26)2)18-5-4-6-20(14-18)33-3/h4-14H,15H2,1-3H3,(H,27,32). The first-order chi connectivity index (χ1) is 17.0. The summed E-state index contributed by atoms with van der Waals surface area (Å²) in [6.07, 6.45) is 0. The number of rotatable bonds is 7. The highest BCUT2D eigenvalue weighted by Gasteiger charge is 2.14. The molecule has 0 aliphatic heterocycles. The minimum absolute atomic E-state index is 0.107. The van der Waals surface area contributed by atoms with E-state index in [-0.39, 0.29) is 11.7 Å². The lowest BCUT2D eigenvalue weighted by molar-refractivity contribution is -0.113. The summed E-state index contributed by atoms with van der Waals surface area (Å²) < 4.78 is 8.34. The highest BCUT2D eigenvalue weighted by molar-refractivity contribution is 7.99. The van der Waals surface area contributed by atoms with Crippen LogP contribution in [0.1, 0.15) is 5.56 Å². The summed E-state index contributed by atoms with van der Waals surface area (Å²) in [6.45, 7) is 2.08. The predicted octanol–water partition coefficient (Wildman–Crippen LogP) is 5.81. The molecule has 0 aliphatic rings. The summed E-state index contributed by atoms with van der Waals surface area (Å²) in [7, 11) is 3.52. The molecule has 3 aromatic carbocycles. The number of aryl methyl sites for hydroxylation is 1. The normalized spacial score (nSPS) is 11.1. The van der Waals surface area contributed by atoms with Crippen LogP contribution in [-0.2, 0) is 11.8 Å². The van der Waals surface area contributed by atoms with Crippen LogP contribution in [0, 0.1) is 6.92 Å². The number of nitrogens with zero attached hydrogens (tertiary/aromatic N) is 4. The first-order valence-corrected chi connectivity index (χ1v) is 12.7. The third-order valence-corrected chi connectivity index (χ3v) is 7.54. The van der Waals surface area contributed by atoms with Crippen LogP contribution >= 0.6 is 23.1 Å². The number of carbonyl (C=O) groups excluding carboxylic acids is 1. The van der Waals surface area contributed by atoms with Gasteiger partial charge in [-0.3, -0.25) is 4.79 Å². The molecule has 176 valence electrons. The summed E-state index contributed by atoms with van der Waals surface area (Å²) in [5.74, 6) is 1.59. The zero-order chi connectivity index (χ0) is 24.4. The molecule has 2 heterocycles. The lowest BCUT2D eigenvalue weighted by Crippen LogP contribution is -2.14. The number of nitrogens with one attached hydrogen (secondary N) is 1. The molecule has 0 atom stereocenters. The minimum atomic E-state index is -0.107. The van der Waals surface area contributed by atoms with Gasteiger partial charge in [-0.1, -0.05) is 30.0 Å². The largest absolute Gasteiger partial charge is 0.497 e. The van der Waals surface area contributed by atoms with Gasteiger partial charge >= 0.3 is 0 Å². The average Bonchev–Trinajstić information content (AvgIpc) is 3.46. The Bertz CT molecular complexity index is 1510. The summed E-state index contributed by atoms with van der Waals surface area (Å²) in [6, 6.07) is 21.7. The fourth-order valence-corrected chi connectivity index (χ4v) is 5.41. The van der Waals surface area contributed by atoms with E-state index in [1.165, 1.54) is 22.0 Å². The molecule has 0 unspecified atom stereocenters. The quantitative estimate of drug-likeness (QED) is 0.284. The predicted molar refractivity (Wildman–Crippen MR) is 142 cm³/mol. The second-order valence-corrected chi connectivity index (χ2v) is 9.97. The molecular weight excluding hydrogens is 478 g/mol. The van der Waals surface area contributed by atoms with Crippen molar-refractivity contribution in [1.29, 1.82) is 0 Å². The summed E-state index contributed by atoms with van der Waals surface area (Å²) in [5.41, 5.74) is 4.90.